The third kappa shape index (κ3) is 3.36. The molecule has 0 aliphatic rings. The molecule has 1 aromatic heterocycles. The molecule has 4 rings (SSSR count). The van der Waals surface area contributed by atoms with Gasteiger partial charge in [0.15, 0.2) is 5.58 Å². The van der Waals surface area contributed by atoms with Gasteiger partial charge in [0.05, 0.1) is 11.3 Å². The number of para-hydroxylation sites is 1. The minimum absolute atomic E-state index is 0.210. The number of hydrogen-bond acceptors (Lipinski definition) is 3. The summed E-state index contributed by atoms with van der Waals surface area (Å²) in [6.07, 6.45) is 0. The molecule has 0 saturated heterocycles. The molecular weight excluding hydrogens is 416 g/mol. The van der Waals surface area contributed by atoms with Crippen LogP contribution in [0.25, 0.3) is 22.6 Å². The first kappa shape index (κ1) is 16.8. The summed E-state index contributed by atoms with van der Waals surface area (Å²) in [6.45, 7) is 0. The molecular formula is C20H12BrClN2O2. The first-order chi connectivity index (χ1) is 12.6. The third-order valence-electron chi connectivity index (χ3n) is 3.84. The second-order valence-electron chi connectivity index (χ2n) is 5.64. The molecule has 128 valence electrons. The molecule has 0 aliphatic heterocycles. The van der Waals surface area contributed by atoms with E-state index < -0.39 is 0 Å². The fraction of sp³-hybridized carbons (Fsp3) is 0. The number of anilines is 1. The largest absolute Gasteiger partial charge is 0.436 e. The van der Waals surface area contributed by atoms with Crippen molar-refractivity contribution in [3.05, 3.63) is 81.8 Å². The van der Waals surface area contributed by atoms with Gasteiger partial charge >= 0.3 is 0 Å². The van der Waals surface area contributed by atoms with E-state index in [0.717, 1.165) is 4.47 Å². The topological polar surface area (TPSA) is 55.1 Å². The average Bonchev–Trinajstić information content (AvgIpc) is 3.05. The maximum atomic E-state index is 12.6. The van der Waals surface area contributed by atoms with Gasteiger partial charge in [-0.1, -0.05) is 45.7 Å². The number of benzene rings is 3. The van der Waals surface area contributed by atoms with Crippen molar-refractivity contribution in [2.75, 3.05) is 5.32 Å². The van der Waals surface area contributed by atoms with Crippen molar-refractivity contribution >= 4 is 50.2 Å². The zero-order valence-corrected chi connectivity index (χ0v) is 15.7. The van der Waals surface area contributed by atoms with E-state index in [9.17, 15) is 4.79 Å². The Kier molecular flexibility index (Phi) is 4.49. The van der Waals surface area contributed by atoms with Gasteiger partial charge in [-0.3, -0.25) is 4.79 Å². The van der Waals surface area contributed by atoms with Crippen LogP contribution in [0.1, 0.15) is 10.4 Å². The van der Waals surface area contributed by atoms with Gasteiger partial charge in [0, 0.05) is 15.1 Å². The minimum atomic E-state index is -0.210. The lowest BCUT2D eigenvalue weighted by atomic mass is 10.1. The van der Waals surface area contributed by atoms with E-state index in [1.54, 1.807) is 30.3 Å². The van der Waals surface area contributed by atoms with E-state index in [1.807, 2.05) is 36.4 Å². The van der Waals surface area contributed by atoms with Gasteiger partial charge in [-0.05, 0) is 48.5 Å². The van der Waals surface area contributed by atoms with Crippen molar-refractivity contribution in [3.8, 4) is 11.5 Å². The number of aromatic nitrogens is 1. The quantitative estimate of drug-likeness (QED) is 0.426. The van der Waals surface area contributed by atoms with Gasteiger partial charge in [0.2, 0.25) is 5.89 Å². The lowest BCUT2D eigenvalue weighted by molar-refractivity contribution is 0.102. The molecule has 4 nitrogen and oxygen atoms in total. The molecule has 1 amide bonds. The summed E-state index contributed by atoms with van der Waals surface area (Å²) in [5.74, 6) is 0.213. The predicted octanol–water partition coefficient (Wildman–Crippen LogP) is 6.16. The summed E-state index contributed by atoms with van der Waals surface area (Å²) in [5, 5.41) is 3.51. The number of halogens is 2. The minimum Gasteiger partial charge on any atom is -0.436 e. The van der Waals surface area contributed by atoms with Gasteiger partial charge in [-0.25, -0.2) is 4.98 Å². The van der Waals surface area contributed by atoms with E-state index in [4.69, 9.17) is 16.0 Å². The Morgan fingerprint density at radius 3 is 2.73 bits per heavy atom. The molecule has 1 N–H and O–H groups in total. The number of rotatable bonds is 3. The van der Waals surface area contributed by atoms with Crippen LogP contribution in [0.5, 0.6) is 0 Å². The Balaban J connectivity index is 1.71. The summed E-state index contributed by atoms with van der Waals surface area (Å²) in [5.41, 5.74) is 3.18. The van der Waals surface area contributed by atoms with E-state index in [2.05, 4.69) is 26.2 Å². The van der Waals surface area contributed by atoms with Crippen LogP contribution in [-0.4, -0.2) is 10.9 Å². The van der Waals surface area contributed by atoms with Crippen molar-refractivity contribution in [1.82, 2.24) is 4.98 Å². The molecule has 26 heavy (non-hydrogen) atoms. The highest BCUT2D eigenvalue weighted by Crippen LogP contribution is 2.31. The van der Waals surface area contributed by atoms with Gasteiger partial charge in [0.1, 0.15) is 5.52 Å². The molecule has 3 aromatic carbocycles. The van der Waals surface area contributed by atoms with Crippen LogP contribution in [0.3, 0.4) is 0 Å². The zero-order valence-electron chi connectivity index (χ0n) is 13.4. The molecule has 0 aliphatic carbocycles. The highest BCUT2D eigenvalue weighted by Gasteiger charge is 2.15. The number of hydrogen-bond donors (Lipinski definition) is 1. The number of oxazole rings is 1. The molecule has 1 heterocycles. The van der Waals surface area contributed by atoms with Crippen molar-refractivity contribution in [1.29, 1.82) is 0 Å². The number of carbonyl (C=O) groups is 1. The smallest absolute Gasteiger partial charge is 0.255 e. The molecule has 0 fully saturated rings. The Hall–Kier alpha value is -2.63. The van der Waals surface area contributed by atoms with Crippen LogP contribution in [-0.2, 0) is 0 Å². The number of nitrogens with zero attached hydrogens (tertiary/aromatic N) is 1. The lowest BCUT2D eigenvalue weighted by Crippen LogP contribution is -2.12. The van der Waals surface area contributed by atoms with E-state index in [1.165, 1.54) is 0 Å². The van der Waals surface area contributed by atoms with Crippen LogP contribution in [0.15, 0.2) is 75.6 Å². The number of carbonyl (C=O) groups excluding carboxylic acids is 1. The molecule has 4 aromatic rings. The van der Waals surface area contributed by atoms with Gasteiger partial charge in [-0.15, -0.1) is 0 Å². The summed E-state index contributed by atoms with van der Waals surface area (Å²) in [7, 11) is 0. The molecule has 0 saturated carbocycles. The van der Waals surface area contributed by atoms with Gasteiger partial charge in [0.25, 0.3) is 5.91 Å². The molecule has 0 radical (unpaired) electrons. The molecule has 6 heteroatoms. The van der Waals surface area contributed by atoms with Crippen molar-refractivity contribution < 1.29 is 9.21 Å². The highest BCUT2D eigenvalue weighted by atomic mass is 79.9. The number of nitrogens with one attached hydrogen (secondary N) is 1. The molecule has 0 atom stereocenters. The standard InChI is InChI=1S/C20H12BrClN2O2/c21-13-5-3-4-12(10-13)19(25)23-16-7-2-1-6-15(16)20-24-17-11-14(22)8-9-18(17)26-20/h1-11H,(H,23,25). The number of amides is 1. The van der Waals surface area contributed by atoms with Crippen LogP contribution in [0, 0.1) is 0 Å². The fourth-order valence-electron chi connectivity index (χ4n) is 2.62. The maximum Gasteiger partial charge on any atom is 0.255 e. The predicted molar refractivity (Wildman–Crippen MR) is 107 cm³/mol. The van der Waals surface area contributed by atoms with E-state index in [-0.39, 0.29) is 5.91 Å². The SMILES string of the molecule is O=C(Nc1ccccc1-c1nc2cc(Cl)ccc2o1)c1cccc(Br)c1. The Bertz CT molecular complexity index is 1120. The summed E-state index contributed by atoms with van der Waals surface area (Å²) < 4.78 is 6.67. The van der Waals surface area contributed by atoms with Crippen molar-refractivity contribution in [3.63, 3.8) is 0 Å². The van der Waals surface area contributed by atoms with Gasteiger partial charge in [-0.2, -0.15) is 0 Å². The highest BCUT2D eigenvalue weighted by molar-refractivity contribution is 9.10. The number of fused-ring (bicyclic) bond motifs is 1. The monoisotopic (exact) mass is 426 g/mol. The lowest BCUT2D eigenvalue weighted by Gasteiger charge is -2.09. The third-order valence-corrected chi connectivity index (χ3v) is 4.57. The van der Waals surface area contributed by atoms with E-state index in [0.29, 0.717) is 38.8 Å². The van der Waals surface area contributed by atoms with Crippen molar-refractivity contribution in [2.24, 2.45) is 0 Å². The molecule has 0 bridgehead atoms. The van der Waals surface area contributed by atoms with Crippen molar-refractivity contribution in [2.45, 2.75) is 0 Å². The normalized spacial score (nSPS) is 10.8. The Morgan fingerprint density at radius 1 is 1.04 bits per heavy atom. The fourth-order valence-corrected chi connectivity index (χ4v) is 3.18. The summed E-state index contributed by atoms with van der Waals surface area (Å²) in [6, 6.07) is 19.8. The molecule has 0 unspecified atom stereocenters. The first-order valence-corrected chi connectivity index (χ1v) is 9.00. The second kappa shape index (κ2) is 6.94. The van der Waals surface area contributed by atoms with Crippen LogP contribution in [0.2, 0.25) is 5.02 Å². The first-order valence-electron chi connectivity index (χ1n) is 7.82. The van der Waals surface area contributed by atoms with E-state index >= 15 is 0 Å². The average molecular weight is 428 g/mol. The summed E-state index contributed by atoms with van der Waals surface area (Å²) >= 11 is 9.39. The van der Waals surface area contributed by atoms with Crippen LogP contribution >= 0.6 is 27.5 Å². The zero-order chi connectivity index (χ0) is 18.1. The van der Waals surface area contributed by atoms with Crippen LogP contribution < -0.4 is 5.32 Å². The second-order valence-corrected chi connectivity index (χ2v) is 6.99. The Morgan fingerprint density at radius 2 is 1.88 bits per heavy atom. The Labute approximate surface area is 162 Å². The maximum absolute atomic E-state index is 12.6. The van der Waals surface area contributed by atoms with Crippen LogP contribution in [0.4, 0.5) is 5.69 Å². The van der Waals surface area contributed by atoms with Gasteiger partial charge < -0.3 is 9.73 Å². The summed E-state index contributed by atoms with van der Waals surface area (Å²) in [4.78, 5) is 17.1. The molecule has 0 spiro atoms.